The summed E-state index contributed by atoms with van der Waals surface area (Å²) in [5, 5.41) is 15.4. The lowest BCUT2D eigenvalue weighted by molar-refractivity contribution is -0.141. The lowest BCUT2D eigenvalue weighted by Gasteiger charge is -2.40. The SMILES string of the molecule is CN[C@H](C(=O)N[C@H](C(=O)N(C)[C@H](/C=C(\C)C(=O)O)C(C)C)C(C)(C)C)C(C)(C)c1cccc(N)c1. The number of carboxylic acid groups (broad SMARTS) is 1. The molecule has 1 rings (SSSR count). The van der Waals surface area contributed by atoms with E-state index in [1.54, 1.807) is 26.2 Å². The highest BCUT2D eigenvalue weighted by Crippen LogP contribution is 2.30. The summed E-state index contributed by atoms with van der Waals surface area (Å²) >= 11 is 0. The van der Waals surface area contributed by atoms with E-state index in [1.807, 2.05) is 66.7 Å². The maximum absolute atomic E-state index is 13.7. The van der Waals surface area contributed by atoms with Crippen LogP contribution >= 0.6 is 0 Å². The largest absolute Gasteiger partial charge is 0.478 e. The van der Waals surface area contributed by atoms with Crippen LogP contribution in [0.5, 0.6) is 0 Å². The summed E-state index contributed by atoms with van der Waals surface area (Å²) in [4.78, 5) is 40.2. The van der Waals surface area contributed by atoms with E-state index in [1.165, 1.54) is 11.8 Å². The number of carbonyl (C=O) groups excluding carboxylic acids is 2. The minimum Gasteiger partial charge on any atom is -0.478 e. The lowest BCUT2D eigenvalue weighted by Crippen LogP contribution is -2.61. The molecule has 0 saturated heterocycles. The van der Waals surface area contributed by atoms with E-state index in [0.717, 1.165) is 5.56 Å². The number of hydrogen-bond donors (Lipinski definition) is 4. The average molecular weight is 489 g/mol. The summed E-state index contributed by atoms with van der Waals surface area (Å²) in [5.74, 6) is -1.64. The van der Waals surface area contributed by atoms with Gasteiger partial charge in [0.25, 0.3) is 0 Å². The van der Waals surface area contributed by atoms with Crippen molar-refractivity contribution in [3.63, 3.8) is 0 Å². The van der Waals surface area contributed by atoms with Gasteiger partial charge in [0.1, 0.15) is 6.04 Å². The second-order valence-electron chi connectivity index (χ2n) is 11.2. The standard InChI is InChI=1S/C27H44N4O4/c1-16(2)20(14-17(3)25(34)35)31(10)24(33)22(26(4,5)6)30-23(32)21(29-9)27(7,8)18-12-11-13-19(28)15-18/h11-16,20-22,29H,28H2,1-10H3,(H,30,32)(H,34,35)/b17-14+/t20-,21-,22-/m1/s1. The third kappa shape index (κ3) is 7.56. The Morgan fingerprint density at radius 1 is 1.09 bits per heavy atom. The van der Waals surface area contributed by atoms with E-state index in [2.05, 4.69) is 10.6 Å². The van der Waals surface area contributed by atoms with Crippen molar-refractivity contribution in [2.45, 2.75) is 78.9 Å². The second kappa shape index (κ2) is 11.7. The Balaban J connectivity index is 3.32. The first-order valence-electron chi connectivity index (χ1n) is 12.0. The van der Waals surface area contributed by atoms with Gasteiger partial charge in [0.15, 0.2) is 0 Å². The van der Waals surface area contributed by atoms with E-state index in [-0.39, 0.29) is 23.3 Å². The molecule has 8 nitrogen and oxygen atoms in total. The molecule has 8 heteroatoms. The molecule has 0 aromatic heterocycles. The number of hydrogen-bond acceptors (Lipinski definition) is 5. The first-order chi connectivity index (χ1) is 15.9. The van der Waals surface area contributed by atoms with Crippen molar-refractivity contribution in [1.29, 1.82) is 0 Å². The number of anilines is 1. The van der Waals surface area contributed by atoms with Gasteiger partial charge in [0.05, 0.1) is 12.1 Å². The van der Waals surface area contributed by atoms with Crippen molar-refractivity contribution < 1.29 is 19.5 Å². The lowest BCUT2D eigenvalue weighted by atomic mass is 9.76. The number of likely N-dealkylation sites (N-methyl/N-ethyl adjacent to an activating group) is 2. The summed E-state index contributed by atoms with van der Waals surface area (Å²) in [5.41, 5.74) is 6.45. The molecule has 0 aliphatic carbocycles. The molecule has 0 radical (unpaired) electrons. The fourth-order valence-corrected chi connectivity index (χ4v) is 4.23. The third-order valence-corrected chi connectivity index (χ3v) is 6.54. The Morgan fingerprint density at radius 3 is 2.09 bits per heavy atom. The summed E-state index contributed by atoms with van der Waals surface area (Å²) in [6.45, 7) is 15.0. The molecular formula is C27H44N4O4. The van der Waals surface area contributed by atoms with Crippen molar-refractivity contribution in [2.24, 2.45) is 11.3 Å². The van der Waals surface area contributed by atoms with Crippen LogP contribution in [0.25, 0.3) is 0 Å². The number of nitrogens with zero attached hydrogens (tertiary/aromatic N) is 1. The highest BCUT2D eigenvalue weighted by atomic mass is 16.4. The number of nitrogens with two attached hydrogens (primary N) is 1. The molecule has 5 N–H and O–H groups in total. The number of aliphatic carboxylic acids is 1. The molecule has 35 heavy (non-hydrogen) atoms. The first-order valence-corrected chi connectivity index (χ1v) is 12.0. The average Bonchev–Trinajstić information content (AvgIpc) is 2.73. The molecule has 0 bridgehead atoms. The number of nitrogens with one attached hydrogen (secondary N) is 2. The van der Waals surface area contributed by atoms with E-state index >= 15 is 0 Å². The topological polar surface area (TPSA) is 125 Å². The molecule has 196 valence electrons. The minimum atomic E-state index is -1.03. The van der Waals surface area contributed by atoms with Crippen LogP contribution in [0.1, 0.15) is 61.0 Å². The number of benzene rings is 1. The van der Waals surface area contributed by atoms with Gasteiger partial charge >= 0.3 is 5.97 Å². The number of carboxylic acids is 1. The third-order valence-electron chi connectivity index (χ3n) is 6.54. The van der Waals surface area contributed by atoms with Crippen LogP contribution in [-0.2, 0) is 19.8 Å². The molecule has 0 fully saturated rings. The first kappa shape index (κ1) is 30.2. The summed E-state index contributed by atoms with van der Waals surface area (Å²) < 4.78 is 0. The molecule has 2 amide bonds. The van der Waals surface area contributed by atoms with Crippen molar-refractivity contribution in [3.8, 4) is 0 Å². The van der Waals surface area contributed by atoms with Crippen LogP contribution in [-0.4, -0.2) is 60.0 Å². The minimum absolute atomic E-state index is 0.0258. The Morgan fingerprint density at radius 2 is 1.66 bits per heavy atom. The molecule has 3 atom stereocenters. The summed E-state index contributed by atoms with van der Waals surface area (Å²) in [7, 11) is 3.36. The number of nitrogen functional groups attached to an aromatic ring is 1. The molecule has 0 unspecified atom stereocenters. The number of rotatable bonds is 10. The van der Waals surface area contributed by atoms with Crippen LogP contribution in [0.3, 0.4) is 0 Å². The number of amides is 2. The van der Waals surface area contributed by atoms with Gasteiger partial charge in [0, 0.05) is 23.7 Å². The van der Waals surface area contributed by atoms with Crippen LogP contribution < -0.4 is 16.4 Å². The quantitative estimate of drug-likeness (QED) is 0.296. The van der Waals surface area contributed by atoms with Crippen molar-refractivity contribution in [2.75, 3.05) is 19.8 Å². The Hall–Kier alpha value is -2.87. The number of carbonyl (C=O) groups is 3. The fourth-order valence-electron chi connectivity index (χ4n) is 4.23. The highest BCUT2D eigenvalue weighted by Gasteiger charge is 2.41. The maximum atomic E-state index is 13.7. The van der Waals surface area contributed by atoms with Gasteiger partial charge in [-0.25, -0.2) is 4.79 Å². The predicted molar refractivity (Wildman–Crippen MR) is 141 cm³/mol. The van der Waals surface area contributed by atoms with Crippen molar-refractivity contribution >= 4 is 23.5 Å². The Labute approximate surface area is 210 Å². The molecule has 0 spiro atoms. The van der Waals surface area contributed by atoms with Crippen LogP contribution in [0.15, 0.2) is 35.9 Å². The molecular weight excluding hydrogens is 444 g/mol. The van der Waals surface area contributed by atoms with E-state index in [4.69, 9.17) is 5.73 Å². The van der Waals surface area contributed by atoms with Crippen LogP contribution in [0.2, 0.25) is 0 Å². The molecule has 0 aliphatic rings. The molecule has 0 heterocycles. The van der Waals surface area contributed by atoms with Gasteiger partial charge in [-0.2, -0.15) is 0 Å². The summed E-state index contributed by atoms with van der Waals surface area (Å²) in [6, 6.07) is 5.52. The fraction of sp³-hybridized carbons (Fsp3) is 0.593. The van der Waals surface area contributed by atoms with Gasteiger partial charge in [-0.15, -0.1) is 0 Å². The molecule has 0 saturated carbocycles. The monoisotopic (exact) mass is 488 g/mol. The smallest absolute Gasteiger partial charge is 0.331 e. The zero-order chi connectivity index (χ0) is 27.3. The van der Waals surface area contributed by atoms with Gasteiger partial charge < -0.3 is 26.4 Å². The maximum Gasteiger partial charge on any atom is 0.331 e. The second-order valence-corrected chi connectivity index (χ2v) is 11.2. The Kier molecular flexibility index (Phi) is 10.1. The van der Waals surface area contributed by atoms with E-state index < -0.39 is 34.9 Å². The van der Waals surface area contributed by atoms with Gasteiger partial charge in [-0.05, 0) is 43.0 Å². The Bertz CT molecular complexity index is 947. The van der Waals surface area contributed by atoms with Crippen LogP contribution in [0.4, 0.5) is 5.69 Å². The highest BCUT2D eigenvalue weighted by molar-refractivity contribution is 5.91. The van der Waals surface area contributed by atoms with E-state index in [0.29, 0.717) is 5.69 Å². The van der Waals surface area contributed by atoms with E-state index in [9.17, 15) is 19.5 Å². The van der Waals surface area contributed by atoms with Gasteiger partial charge in [-0.1, -0.05) is 66.7 Å². The molecule has 1 aromatic carbocycles. The summed E-state index contributed by atoms with van der Waals surface area (Å²) in [6.07, 6.45) is 1.59. The van der Waals surface area contributed by atoms with Crippen molar-refractivity contribution in [3.05, 3.63) is 41.5 Å². The van der Waals surface area contributed by atoms with Gasteiger partial charge in [0.2, 0.25) is 11.8 Å². The molecule has 0 aliphatic heterocycles. The zero-order valence-electron chi connectivity index (χ0n) is 22.9. The normalized spacial score (nSPS) is 15.3. The predicted octanol–water partition coefficient (Wildman–Crippen LogP) is 3.18. The van der Waals surface area contributed by atoms with Crippen LogP contribution in [0, 0.1) is 11.3 Å². The molecule has 1 aromatic rings. The zero-order valence-corrected chi connectivity index (χ0v) is 22.9. The van der Waals surface area contributed by atoms with Gasteiger partial charge in [-0.3, -0.25) is 9.59 Å². The van der Waals surface area contributed by atoms with Crippen molar-refractivity contribution in [1.82, 2.24) is 15.5 Å².